The van der Waals surface area contributed by atoms with E-state index >= 15 is 0 Å². The molecule has 1 saturated heterocycles. The summed E-state index contributed by atoms with van der Waals surface area (Å²) in [6.07, 6.45) is 4.64. The summed E-state index contributed by atoms with van der Waals surface area (Å²) in [6.45, 7) is 5.40. The highest BCUT2D eigenvalue weighted by molar-refractivity contribution is 6.31. The molecule has 0 saturated carbocycles. The molecular formula is C29H29ClN2O3. The summed E-state index contributed by atoms with van der Waals surface area (Å²) in [4.78, 5) is 14.9. The molecule has 6 heteroatoms. The van der Waals surface area contributed by atoms with Crippen LogP contribution in [0.25, 0.3) is 6.08 Å². The third-order valence-corrected chi connectivity index (χ3v) is 7.55. The predicted molar refractivity (Wildman–Crippen MR) is 140 cm³/mol. The first-order chi connectivity index (χ1) is 16.9. The number of fused-ring (bicyclic) bond motifs is 3. The van der Waals surface area contributed by atoms with Gasteiger partial charge in [-0.3, -0.25) is 4.79 Å². The molecule has 1 amide bonds. The fraction of sp³-hybridized carbons (Fsp3) is 0.276. The number of benzene rings is 3. The summed E-state index contributed by atoms with van der Waals surface area (Å²) in [5.41, 5.74) is 3.29. The number of anilines is 1. The number of amides is 1. The minimum Gasteiger partial charge on any atom is -0.493 e. The molecule has 2 aliphatic rings. The number of carbonyl (C=O) groups is 1. The molecule has 2 heterocycles. The van der Waals surface area contributed by atoms with Crippen LogP contribution < -0.4 is 19.7 Å². The monoisotopic (exact) mass is 488 g/mol. The van der Waals surface area contributed by atoms with Gasteiger partial charge in [0.1, 0.15) is 12.3 Å². The molecule has 180 valence electrons. The zero-order valence-electron chi connectivity index (χ0n) is 20.2. The van der Waals surface area contributed by atoms with Crippen LogP contribution in [0.15, 0.2) is 72.8 Å². The average Bonchev–Trinajstić information content (AvgIpc) is 3.06. The standard InChI is InChI=1S/C29H29ClN2O3/c1-28(2)22-9-5-7-11-24(22)32-17-15-27(33)31-29(28,32)16-14-20-12-13-25(26(18-20)34-3)35-19-21-8-4-6-10-23(21)30/h4-14,16,18H,15,17,19H2,1-3H3,(H,31,33). The first kappa shape index (κ1) is 23.3. The molecule has 2 aliphatic heterocycles. The maximum absolute atomic E-state index is 12.6. The molecule has 1 fully saturated rings. The summed E-state index contributed by atoms with van der Waals surface area (Å²) in [5.74, 6) is 1.34. The van der Waals surface area contributed by atoms with Crippen molar-refractivity contribution in [2.24, 2.45) is 0 Å². The Kier molecular flexibility index (Phi) is 5.97. The van der Waals surface area contributed by atoms with E-state index in [1.807, 2.05) is 48.5 Å². The maximum atomic E-state index is 12.6. The van der Waals surface area contributed by atoms with Crippen molar-refractivity contribution in [2.45, 2.75) is 38.0 Å². The third kappa shape index (κ3) is 3.94. The van der Waals surface area contributed by atoms with Crippen LogP contribution in [0.3, 0.4) is 0 Å². The van der Waals surface area contributed by atoms with E-state index in [-0.39, 0.29) is 11.3 Å². The molecule has 1 unspecified atom stereocenters. The van der Waals surface area contributed by atoms with Crippen LogP contribution in [0.1, 0.15) is 37.0 Å². The zero-order chi connectivity index (χ0) is 24.6. The molecule has 0 aliphatic carbocycles. The van der Waals surface area contributed by atoms with Crippen molar-refractivity contribution >= 4 is 29.3 Å². The molecule has 5 rings (SSSR count). The second-order valence-electron chi connectivity index (χ2n) is 9.48. The van der Waals surface area contributed by atoms with Crippen LogP contribution in [0.5, 0.6) is 11.5 Å². The van der Waals surface area contributed by atoms with Crippen molar-refractivity contribution in [3.8, 4) is 11.5 Å². The Morgan fingerprint density at radius 2 is 1.83 bits per heavy atom. The number of ether oxygens (including phenoxy) is 2. The van der Waals surface area contributed by atoms with Crippen molar-refractivity contribution < 1.29 is 14.3 Å². The van der Waals surface area contributed by atoms with Crippen LogP contribution in [-0.2, 0) is 16.8 Å². The molecule has 3 aromatic carbocycles. The first-order valence-electron chi connectivity index (χ1n) is 11.8. The molecule has 5 nitrogen and oxygen atoms in total. The lowest BCUT2D eigenvalue weighted by atomic mass is 9.74. The maximum Gasteiger partial charge on any atom is 0.223 e. The summed E-state index contributed by atoms with van der Waals surface area (Å²) >= 11 is 6.26. The summed E-state index contributed by atoms with van der Waals surface area (Å²) in [6, 6.07) is 21.9. The van der Waals surface area contributed by atoms with E-state index in [0.29, 0.717) is 36.1 Å². The summed E-state index contributed by atoms with van der Waals surface area (Å²) < 4.78 is 11.6. The van der Waals surface area contributed by atoms with Crippen LogP contribution in [-0.4, -0.2) is 25.2 Å². The van der Waals surface area contributed by atoms with Crippen LogP contribution in [0, 0.1) is 0 Å². The van der Waals surface area contributed by atoms with E-state index in [0.717, 1.165) is 11.1 Å². The Hall–Kier alpha value is -3.44. The fourth-order valence-electron chi connectivity index (χ4n) is 5.21. The molecule has 35 heavy (non-hydrogen) atoms. The van der Waals surface area contributed by atoms with Crippen LogP contribution in [0.2, 0.25) is 5.02 Å². The van der Waals surface area contributed by atoms with Gasteiger partial charge in [0.2, 0.25) is 5.91 Å². The molecular weight excluding hydrogens is 460 g/mol. The third-order valence-electron chi connectivity index (χ3n) is 7.18. The lowest BCUT2D eigenvalue weighted by Crippen LogP contribution is -2.68. The van der Waals surface area contributed by atoms with E-state index in [9.17, 15) is 4.79 Å². The van der Waals surface area contributed by atoms with Gasteiger partial charge in [-0.1, -0.05) is 74.0 Å². The average molecular weight is 489 g/mol. The normalized spacial score (nSPS) is 20.3. The predicted octanol–water partition coefficient (Wildman–Crippen LogP) is 5.95. The van der Waals surface area contributed by atoms with Gasteiger partial charge in [-0.05, 0) is 41.5 Å². The van der Waals surface area contributed by atoms with Gasteiger partial charge in [0.15, 0.2) is 11.5 Å². The quantitative estimate of drug-likeness (QED) is 0.465. The fourth-order valence-corrected chi connectivity index (χ4v) is 5.40. The zero-order valence-corrected chi connectivity index (χ0v) is 20.9. The van der Waals surface area contributed by atoms with Gasteiger partial charge in [0.25, 0.3) is 0 Å². The number of carbonyl (C=O) groups excluding carboxylic acids is 1. The van der Waals surface area contributed by atoms with Gasteiger partial charge in [-0.2, -0.15) is 0 Å². The number of halogens is 1. The number of para-hydroxylation sites is 1. The minimum atomic E-state index is -0.654. The molecule has 1 atom stereocenters. The number of methoxy groups -OCH3 is 1. The minimum absolute atomic E-state index is 0.0627. The Morgan fingerprint density at radius 3 is 2.63 bits per heavy atom. The highest BCUT2D eigenvalue weighted by Gasteiger charge is 2.57. The van der Waals surface area contributed by atoms with Crippen molar-refractivity contribution in [2.75, 3.05) is 18.6 Å². The van der Waals surface area contributed by atoms with Gasteiger partial charge < -0.3 is 19.7 Å². The highest BCUT2D eigenvalue weighted by atomic mass is 35.5. The lowest BCUT2D eigenvalue weighted by molar-refractivity contribution is -0.124. The van der Waals surface area contributed by atoms with E-state index < -0.39 is 5.66 Å². The van der Waals surface area contributed by atoms with Crippen LogP contribution >= 0.6 is 11.6 Å². The van der Waals surface area contributed by atoms with Gasteiger partial charge in [-0.25, -0.2) is 0 Å². The smallest absolute Gasteiger partial charge is 0.223 e. The van der Waals surface area contributed by atoms with E-state index in [1.165, 1.54) is 11.3 Å². The van der Waals surface area contributed by atoms with Crippen LogP contribution in [0.4, 0.5) is 5.69 Å². The largest absolute Gasteiger partial charge is 0.493 e. The molecule has 1 N–H and O–H groups in total. The van der Waals surface area contributed by atoms with Crippen molar-refractivity contribution in [3.63, 3.8) is 0 Å². The number of nitrogens with zero attached hydrogens (tertiary/aromatic N) is 1. The SMILES string of the molecule is COc1cc(C=CC23NC(=O)CCN2c2ccccc2C3(C)C)ccc1OCc1ccccc1Cl. The number of rotatable bonds is 6. The van der Waals surface area contributed by atoms with Crippen molar-refractivity contribution in [1.82, 2.24) is 5.32 Å². The van der Waals surface area contributed by atoms with E-state index in [2.05, 4.69) is 54.4 Å². The first-order valence-corrected chi connectivity index (χ1v) is 12.2. The lowest BCUT2D eigenvalue weighted by Gasteiger charge is -2.49. The van der Waals surface area contributed by atoms with E-state index in [1.54, 1.807) is 7.11 Å². The molecule has 3 aromatic rings. The highest BCUT2D eigenvalue weighted by Crippen LogP contribution is 2.52. The molecule has 0 aromatic heterocycles. The second kappa shape index (κ2) is 8.97. The Morgan fingerprint density at radius 1 is 1.06 bits per heavy atom. The van der Waals surface area contributed by atoms with Gasteiger partial charge in [0.05, 0.1) is 7.11 Å². The van der Waals surface area contributed by atoms with E-state index in [4.69, 9.17) is 21.1 Å². The van der Waals surface area contributed by atoms with Gasteiger partial charge >= 0.3 is 0 Å². The second-order valence-corrected chi connectivity index (χ2v) is 9.89. The Bertz CT molecular complexity index is 1300. The summed E-state index contributed by atoms with van der Waals surface area (Å²) in [5, 5.41) is 3.99. The topological polar surface area (TPSA) is 50.8 Å². The van der Waals surface area contributed by atoms with Gasteiger partial charge in [0, 0.05) is 34.7 Å². The molecule has 0 radical (unpaired) electrons. The molecule has 0 bridgehead atoms. The van der Waals surface area contributed by atoms with Gasteiger partial charge in [-0.15, -0.1) is 0 Å². The number of hydrogen-bond acceptors (Lipinski definition) is 4. The Labute approximate surface area is 211 Å². The van der Waals surface area contributed by atoms with Crippen molar-refractivity contribution in [3.05, 3.63) is 94.5 Å². The molecule has 0 spiro atoms. The number of hydrogen-bond donors (Lipinski definition) is 1. The Balaban J connectivity index is 1.44. The summed E-state index contributed by atoms with van der Waals surface area (Å²) in [7, 11) is 1.63. The number of nitrogens with one attached hydrogen (secondary N) is 1. The van der Waals surface area contributed by atoms with Crippen molar-refractivity contribution in [1.29, 1.82) is 0 Å².